The van der Waals surface area contributed by atoms with Crippen molar-refractivity contribution in [3.63, 3.8) is 0 Å². The Bertz CT molecular complexity index is 537. The van der Waals surface area contributed by atoms with Gasteiger partial charge in [-0.2, -0.15) is 5.10 Å². The van der Waals surface area contributed by atoms with Crippen molar-refractivity contribution in [3.8, 4) is 0 Å². The molecule has 0 aliphatic carbocycles. The minimum atomic E-state index is -1.12. The number of nitrogens with one attached hydrogen (secondary N) is 2. The number of carbonyl (C=O) groups is 2. The number of benzene rings is 1. The quantitative estimate of drug-likeness (QED) is 0.747. The first-order valence-electron chi connectivity index (χ1n) is 5.26. The largest absolute Gasteiger partial charge is 0.479 e. The van der Waals surface area contributed by atoms with Gasteiger partial charge in [0.25, 0.3) is 5.91 Å². The molecule has 18 heavy (non-hydrogen) atoms. The predicted octanol–water partition coefficient (Wildman–Crippen LogP) is 0.965. The molecule has 3 N–H and O–H groups in total. The van der Waals surface area contributed by atoms with Gasteiger partial charge in [0, 0.05) is 6.20 Å². The van der Waals surface area contributed by atoms with E-state index in [1.54, 1.807) is 30.3 Å². The van der Waals surface area contributed by atoms with Gasteiger partial charge >= 0.3 is 5.97 Å². The minimum Gasteiger partial charge on any atom is -0.479 e. The van der Waals surface area contributed by atoms with Gasteiger partial charge in [0.1, 0.15) is 5.69 Å². The average Bonchev–Trinajstić information content (AvgIpc) is 2.90. The van der Waals surface area contributed by atoms with Crippen LogP contribution in [-0.4, -0.2) is 27.2 Å². The maximum absolute atomic E-state index is 11.7. The monoisotopic (exact) mass is 245 g/mol. The summed E-state index contributed by atoms with van der Waals surface area (Å²) < 4.78 is 0. The molecule has 1 aromatic carbocycles. The topological polar surface area (TPSA) is 95.1 Å². The van der Waals surface area contributed by atoms with Gasteiger partial charge in [-0.05, 0) is 11.6 Å². The first-order valence-corrected chi connectivity index (χ1v) is 5.26. The summed E-state index contributed by atoms with van der Waals surface area (Å²) in [7, 11) is 0. The number of amides is 1. The van der Waals surface area contributed by atoms with Crippen LogP contribution in [0.15, 0.2) is 42.6 Å². The van der Waals surface area contributed by atoms with Crippen molar-refractivity contribution in [1.82, 2.24) is 15.5 Å². The molecule has 0 bridgehead atoms. The SMILES string of the molecule is O=C(N[C@@H](C(=O)O)c1ccccc1)c1ccn[nH]1. The Labute approximate surface area is 103 Å². The number of aromatic nitrogens is 2. The van der Waals surface area contributed by atoms with E-state index < -0.39 is 17.9 Å². The normalized spacial score (nSPS) is 11.8. The molecule has 1 atom stereocenters. The second kappa shape index (κ2) is 5.13. The molecular weight excluding hydrogens is 234 g/mol. The van der Waals surface area contributed by atoms with Crippen molar-refractivity contribution in [3.05, 3.63) is 53.9 Å². The number of rotatable bonds is 4. The second-order valence-electron chi connectivity index (χ2n) is 3.63. The van der Waals surface area contributed by atoms with Crippen LogP contribution in [0.1, 0.15) is 22.1 Å². The molecule has 1 aromatic heterocycles. The van der Waals surface area contributed by atoms with E-state index in [-0.39, 0.29) is 5.69 Å². The van der Waals surface area contributed by atoms with Gasteiger partial charge < -0.3 is 10.4 Å². The number of H-pyrrole nitrogens is 1. The van der Waals surface area contributed by atoms with Crippen LogP contribution in [0.2, 0.25) is 0 Å². The minimum absolute atomic E-state index is 0.220. The molecule has 1 amide bonds. The number of aromatic amines is 1. The molecule has 0 spiro atoms. The van der Waals surface area contributed by atoms with E-state index in [1.165, 1.54) is 12.3 Å². The third-order valence-corrected chi connectivity index (χ3v) is 2.40. The molecule has 0 unspecified atom stereocenters. The molecule has 6 nitrogen and oxygen atoms in total. The highest BCUT2D eigenvalue weighted by atomic mass is 16.4. The van der Waals surface area contributed by atoms with Gasteiger partial charge in [-0.25, -0.2) is 4.79 Å². The first kappa shape index (κ1) is 11.8. The zero-order valence-corrected chi connectivity index (χ0v) is 9.33. The Morgan fingerprint density at radius 3 is 2.50 bits per heavy atom. The number of carbonyl (C=O) groups excluding carboxylic acids is 1. The average molecular weight is 245 g/mol. The van der Waals surface area contributed by atoms with Gasteiger partial charge in [-0.3, -0.25) is 9.89 Å². The number of aliphatic carboxylic acids is 1. The molecule has 0 aliphatic heterocycles. The number of hydrogen-bond donors (Lipinski definition) is 3. The first-order chi connectivity index (χ1) is 8.68. The van der Waals surface area contributed by atoms with Crippen molar-refractivity contribution in [1.29, 1.82) is 0 Å². The summed E-state index contributed by atoms with van der Waals surface area (Å²) in [6.45, 7) is 0. The third-order valence-electron chi connectivity index (χ3n) is 2.40. The van der Waals surface area contributed by atoms with Crippen LogP contribution < -0.4 is 5.32 Å². The van der Waals surface area contributed by atoms with E-state index in [9.17, 15) is 9.59 Å². The highest BCUT2D eigenvalue weighted by Crippen LogP contribution is 2.13. The van der Waals surface area contributed by atoms with Crippen molar-refractivity contribution >= 4 is 11.9 Å². The maximum atomic E-state index is 11.7. The fourth-order valence-corrected chi connectivity index (χ4v) is 1.52. The van der Waals surface area contributed by atoms with Crippen molar-refractivity contribution < 1.29 is 14.7 Å². The number of hydrogen-bond acceptors (Lipinski definition) is 3. The van der Waals surface area contributed by atoms with E-state index in [2.05, 4.69) is 15.5 Å². The summed E-state index contributed by atoms with van der Waals surface area (Å²) in [6.07, 6.45) is 1.42. The molecule has 1 heterocycles. The van der Waals surface area contributed by atoms with Crippen LogP contribution in [0.25, 0.3) is 0 Å². The molecule has 0 fully saturated rings. The lowest BCUT2D eigenvalue weighted by Crippen LogP contribution is -2.33. The molecule has 0 radical (unpaired) electrons. The van der Waals surface area contributed by atoms with Crippen molar-refractivity contribution in [2.24, 2.45) is 0 Å². The van der Waals surface area contributed by atoms with Gasteiger partial charge in [0.15, 0.2) is 6.04 Å². The molecule has 92 valence electrons. The fraction of sp³-hybridized carbons (Fsp3) is 0.0833. The van der Waals surface area contributed by atoms with Crippen LogP contribution in [0.4, 0.5) is 0 Å². The van der Waals surface area contributed by atoms with Gasteiger partial charge in [-0.15, -0.1) is 0 Å². The highest BCUT2D eigenvalue weighted by Gasteiger charge is 2.22. The van der Waals surface area contributed by atoms with E-state index in [0.29, 0.717) is 5.56 Å². The summed E-state index contributed by atoms with van der Waals surface area (Å²) in [5.74, 6) is -1.63. The molecular formula is C12H11N3O3. The Balaban J connectivity index is 2.18. The third kappa shape index (κ3) is 2.54. The standard InChI is InChI=1S/C12H11N3O3/c16-11(9-6-7-13-15-9)14-10(12(17)18)8-4-2-1-3-5-8/h1-7,10H,(H,13,15)(H,14,16)(H,17,18)/t10-/m1/s1. The summed E-state index contributed by atoms with van der Waals surface area (Å²) >= 11 is 0. The molecule has 0 saturated heterocycles. The Morgan fingerprint density at radius 1 is 1.22 bits per heavy atom. The van der Waals surface area contributed by atoms with Crippen LogP contribution >= 0.6 is 0 Å². The lowest BCUT2D eigenvalue weighted by Gasteiger charge is -2.13. The van der Waals surface area contributed by atoms with Crippen LogP contribution in [0.5, 0.6) is 0 Å². The molecule has 2 rings (SSSR count). The molecule has 0 aliphatic rings. The summed E-state index contributed by atoms with van der Waals surface area (Å²) in [5.41, 5.74) is 0.732. The van der Waals surface area contributed by atoms with Gasteiger partial charge in [-0.1, -0.05) is 30.3 Å². The zero-order chi connectivity index (χ0) is 13.0. The lowest BCUT2D eigenvalue weighted by molar-refractivity contribution is -0.139. The fourth-order valence-electron chi connectivity index (χ4n) is 1.52. The molecule has 0 saturated carbocycles. The van der Waals surface area contributed by atoms with Gasteiger partial charge in [0.2, 0.25) is 0 Å². The van der Waals surface area contributed by atoms with Crippen molar-refractivity contribution in [2.45, 2.75) is 6.04 Å². The van der Waals surface area contributed by atoms with Crippen LogP contribution in [-0.2, 0) is 4.79 Å². The predicted molar refractivity (Wildman–Crippen MR) is 62.9 cm³/mol. The summed E-state index contributed by atoms with van der Waals surface area (Å²) in [4.78, 5) is 22.9. The Hall–Kier alpha value is -2.63. The Morgan fingerprint density at radius 2 is 1.94 bits per heavy atom. The van der Waals surface area contributed by atoms with E-state index >= 15 is 0 Å². The highest BCUT2D eigenvalue weighted by molar-refractivity contribution is 5.95. The van der Waals surface area contributed by atoms with Gasteiger partial charge in [0.05, 0.1) is 0 Å². The number of carboxylic acid groups (broad SMARTS) is 1. The molecule has 6 heteroatoms. The van der Waals surface area contributed by atoms with Crippen LogP contribution in [0, 0.1) is 0 Å². The summed E-state index contributed by atoms with van der Waals surface area (Å²) in [5, 5.41) is 17.7. The summed E-state index contributed by atoms with van der Waals surface area (Å²) in [6, 6.07) is 8.89. The van der Waals surface area contributed by atoms with Crippen LogP contribution in [0.3, 0.4) is 0 Å². The Kier molecular flexibility index (Phi) is 3.38. The van der Waals surface area contributed by atoms with E-state index in [0.717, 1.165) is 0 Å². The van der Waals surface area contributed by atoms with E-state index in [4.69, 9.17) is 5.11 Å². The zero-order valence-electron chi connectivity index (χ0n) is 9.33. The number of carboxylic acids is 1. The lowest BCUT2D eigenvalue weighted by atomic mass is 10.1. The smallest absolute Gasteiger partial charge is 0.330 e. The van der Waals surface area contributed by atoms with Crippen molar-refractivity contribution in [2.75, 3.05) is 0 Å². The number of nitrogens with zero attached hydrogens (tertiary/aromatic N) is 1. The molecule has 2 aromatic rings. The van der Waals surface area contributed by atoms with E-state index in [1.807, 2.05) is 0 Å². The second-order valence-corrected chi connectivity index (χ2v) is 3.63. The maximum Gasteiger partial charge on any atom is 0.330 e.